The molecule has 1 saturated heterocycles. The van der Waals surface area contributed by atoms with E-state index in [1.807, 2.05) is 12.1 Å². The molecular formula is C20H26N2OS. The number of benzene rings is 1. The first kappa shape index (κ1) is 17.2. The Hall–Kier alpha value is -1.65. The Bertz CT molecular complexity index is 661. The molecule has 3 nitrogen and oxygen atoms in total. The molecule has 1 aromatic heterocycles. The van der Waals surface area contributed by atoms with Crippen LogP contribution < -0.4 is 5.32 Å². The summed E-state index contributed by atoms with van der Waals surface area (Å²) in [4.78, 5) is 16.6. The first-order valence-corrected chi connectivity index (χ1v) is 9.65. The average molecular weight is 343 g/mol. The SMILES string of the molecule is Cc1cc(C)cc(NC(=O)[C@@H]2CCCCN2CCc2cccs2)c1. The van der Waals surface area contributed by atoms with E-state index in [4.69, 9.17) is 0 Å². The van der Waals surface area contributed by atoms with Crippen LogP contribution in [0.25, 0.3) is 0 Å². The predicted molar refractivity (Wildman–Crippen MR) is 102 cm³/mol. The van der Waals surface area contributed by atoms with E-state index in [2.05, 4.69) is 47.6 Å². The number of rotatable bonds is 5. The third-order valence-corrected chi connectivity index (χ3v) is 5.57. The molecule has 1 fully saturated rings. The van der Waals surface area contributed by atoms with Gasteiger partial charge in [-0.25, -0.2) is 0 Å². The summed E-state index contributed by atoms with van der Waals surface area (Å²) in [7, 11) is 0. The van der Waals surface area contributed by atoms with Crippen molar-refractivity contribution in [2.24, 2.45) is 0 Å². The highest BCUT2D eigenvalue weighted by atomic mass is 32.1. The largest absolute Gasteiger partial charge is 0.325 e. The molecule has 0 radical (unpaired) electrons. The van der Waals surface area contributed by atoms with Crippen LogP contribution in [0.4, 0.5) is 5.69 Å². The molecule has 1 aromatic carbocycles. The van der Waals surface area contributed by atoms with Crippen LogP contribution in [0.15, 0.2) is 35.7 Å². The number of nitrogens with one attached hydrogen (secondary N) is 1. The van der Waals surface area contributed by atoms with Gasteiger partial charge in [0.1, 0.15) is 0 Å². The van der Waals surface area contributed by atoms with Crippen LogP contribution in [0.1, 0.15) is 35.3 Å². The van der Waals surface area contributed by atoms with Crippen molar-refractivity contribution < 1.29 is 4.79 Å². The highest BCUT2D eigenvalue weighted by Gasteiger charge is 2.28. The summed E-state index contributed by atoms with van der Waals surface area (Å²) < 4.78 is 0. The summed E-state index contributed by atoms with van der Waals surface area (Å²) in [5, 5.41) is 5.26. The van der Waals surface area contributed by atoms with Crippen molar-refractivity contribution in [2.45, 2.75) is 45.6 Å². The lowest BCUT2D eigenvalue weighted by molar-refractivity contribution is -0.122. The number of hydrogen-bond donors (Lipinski definition) is 1. The molecule has 4 heteroatoms. The van der Waals surface area contributed by atoms with E-state index in [1.54, 1.807) is 11.3 Å². The molecule has 3 rings (SSSR count). The molecule has 1 aliphatic heterocycles. The van der Waals surface area contributed by atoms with E-state index in [1.165, 1.54) is 22.4 Å². The van der Waals surface area contributed by atoms with Gasteiger partial charge in [0.25, 0.3) is 0 Å². The molecular weight excluding hydrogens is 316 g/mol. The zero-order valence-corrected chi connectivity index (χ0v) is 15.4. The fraction of sp³-hybridized carbons (Fsp3) is 0.450. The molecule has 0 unspecified atom stereocenters. The third-order valence-electron chi connectivity index (χ3n) is 4.63. The van der Waals surface area contributed by atoms with Crippen LogP contribution in [0, 0.1) is 13.8 Å². The van der Waals surface area contributed by atoms with E-state index in [0.29, 0.717) is 0 Å². The zero-order chi connectivity index (χ0) is 16.9. The highest BCUT2D eigenvalue weighted by Crippen LogP contribution is 2.21. The molecule has 0 saturated carbocycles. The average Bonchev–Trinajstić information content (AvgIpc) is 3.05. The van der Waals surface area contributed by atoms with Crippen molar-refractivity contribution in [2.75, 3.05) is 18.4 Å². The van der Waals surface area contributed by atoms with Crippen molar-refractivity contribution in [1.82, 2.24) is 4.90 Å². The molecule has 128 valence electrons. The third kappa shape index (κ3) is 4.46. The summed E-state index contributed by atoms with van der Waals surface area (Å²) >= 11 is 1.80. The summed E-state index contributed by atoms with van der Waals surface area (Å²) in [6, 6.07) is 10.5. The standard InChI is InChI=1S/C20H26N2OS/c1-15-12-16(2)14-17(13-15)21-20(23)19-7-3-4-9-22(19)10-8-18-6-5-11-24-18/h5-6,11-14,19H,3-4,7-10H2,1-2H3,(H,21,23)/t19-/m0/s1. The van der Waals surface area contributed by atoms with Gasteiger partial charge in [-0.1, -0.05) is 18.6 Å². The van der Waals surface area contributed by atoms with Gasteiger partial charge in [0.15, 0.2) is 0 Å². The Morgan fingerprint density at radius 1 is 1.25 bits per heavy atom. The fourth-order valence-electron chi connectivity index (χ4n) is 3.54. The van der Waals surface area contributed by atoms with Gasteiger partial charge in [0, 0.05) is 17.1 Å². The number of carbonyl (C=O) groups is 1. The molecule has 1 N–H and O–H groups in total. The van der Waals surface area contributed by atoms with E-state index in [-0.39, 0.29) is 11.9 Å². The monoisotopic (exact) mass is 342 g/mol. The highest BCUT2D eigenvalue weighted by molar-refractivity contribution is 7.09. The minimum absolute atomic E-state index is 0.000435. The van der Waals surface area contributed by atoms with Crippen molar-refractivity contribution in [1.29, 1.82) is 0 Å². The Morgan fingerprint density at radius 3 is 2.75 bits per heavy atom. The first-order chi connectivity index (χ1) is 11.6. The molecule has 0 bridgehead atoms. The Morgan fingerprint density at radius 2 is 2.04 bits per heavy atom. The van der Waals surface area contributed by atoms with Crippen LogP contribution in [0.2, 0.25) is 0 Å². The van der Waals surface area contributed by atoms with E-state index < -0.39 is 0 Å². The van der Waals surface area contributed by atoms with Crippen LogP contribution in [0.3, 0.4) is 0 Å². The minimum Gasteiger partial charge on any atom is -0.325 e. The van der Waals surface area contributed by atoms with E-state index >= 15 is 0 Å². The molecule has 24 heavy (non-hydrogen) atoms. The van der Waals surface area contributed by atoms with Crippen LogP contribution >= 0.6 is 11.3 Å². The molecule has 1 amide bonds. The van der Waals surface area contributed by atoms with Crippen LogP contribution in [0.5, 0.6) is 0 Å². The number of anilines is 1. The van der Waals surface area contributed by atoms with E-state index in [0.717, 1.165) is 38.0 Å². The van der Waals surface area contributed by atoms with Crippen LogP contribution in [-0.4, -0.2) is 29.9 Å². The summed E-state index contributed by atoms with van der Waals surface area (Å²) in [6.07, 6.45) is 4.32. The van der Waals surface area contributed by atoms with Crippen LogP contribution in [-0.2, 0) is 11.2 Å². The van der Waals surface area contributed by atoms with Crippen molar-refractivity contribution >= 4 is 22.9 Å². The van der Waals surface area contributed by atoms with Gasteiger partial charge >= 0.3 is 0 Å². The Kier molecular flexibility index (Phi) is 5.69. The molecule has 1 atom stereocenters. The zero-order valence-electron chi connectivity index (χ0n) is 14.5. The van der Waals surface area contributed by atoms with Gasteiger partial charge in [0.2, 0.25) is 5.91 Å². The van der Waals surface area contributed by atoms with Gasteiger partial charge in [-0.2, -0.15) is 0 Å². The van der Waals surface area contributed by atoms with Gasteiger partial charge in [-0.3, -0.25) is 9.69 Å². The number of piperidine rings is 1. The number of thiophene rings is 1. The molecule has 0 spiro atoms. The second kappa shape index (κ2) is 7.95. The maximum Gasteiger partial charge on any atom is 0.241 e. The van der Waals surface area contributed by atoms with Crippen molar-refractivity contribution in [3.8, 4) is 0 Å². The fourth-order valence-corrected chi connectivity index (χ4v) is 4.23. The quantitative estimate of drug-likeness (QED) is 0.873. The smallest absolute Gasteiger partial charge is 0.241 e. The minimum atomic E-state index is -0.000435. The summed E-state index contributed by atoms with van der Waals surface area (Å²) in [5.74, 6) is 0.144. The number of nitrogens with zero attached hydrogens (tertiary/aromatic N) is 1. The van der Waals surface area contributed by atoms with Gasteiger partial charge in [0.05, 0.1) is 6.04 Å². The van der Waals surface area contributed by atoms with Crippen molar-refractivity contribution in [3.05, 3.63) is 51.7 Å². The number of aryl methyl sites for hydroxylation is 2. The number of hydrogen-bond acceptors (Lipinski definition) is 3. The topological polar surface area (TPSA) is 32.3 Å². The summed E-state index contributed by atoms with van der Waals surface area (Å²) in [5.41, 5.74) is 3.29. The molecule has 2 heterocycles. The maximum absolute atomic E-state index is 12.8. The maximum atomic E-state index is 12.8. The van der Waals surface area contributed by atoms with Gasteiger partial charge in [-0.15, -0.1) is 11.3 Å². The van der Waals surface area contributed by atoms with Gasteiger partial charge in [-0.05, 0) is 74.4 Å². The van der Waals surface area contributed by atoms with Crippen molar-refractivity contribution in [3.63, 3.8) is 0 Å². The lowest BCUT2D eigenvalue weighted by Gasteiger charge is -2.34. The lowest BCUT2D eigenvalue weighted by Crippen LogP contribution is -2.47. The summed E-state index contributed by atoms with van der Waals surface area (Å²) in [6.45, 7) is 6.12. The Balaban J connectivity index is 1.64. The van der Waals surface area contributed by atoms with Gasteiger partial charge < -0.3 is 5.32 Å². The lowest BCUT2D eigenvalue weighted by atomic mass is 10.0. The predicted octanol–water partition coefficient (Wildman–Crippen LogP) is 4.40. The molecule has 0 aliphatic carbocycles. The number of likely N-dealkylation sites (tertiary alicyclic amines) is 1. The molecule has 2 aromatic rings. The number of carbonyl (C=O) groups excluding carboxylic acids is 1. The number of amides is 1. The second-order valence-electron chi connectivity index (χ2n) is 6.74. The van der Waals surface area contributed by atoms with E-state index in [9.17, 15) is 4.79 Å². The first-order valence-electron chi connectivity index (χ1n) is 8.77. The second-order valence-corrected chi connectivity index (χ2v) is 7.77. The normalized spacial score (nSPS) is 18.5. The Labute approximate surface area is 148 Å². The molecule has 1 aliphatic rings.